The summed E-state index contributed by atoms with van der Waals surface area (Å²) in [6.45, 7) is 4.49. The van der Waals surface area contributed by atoms with E-state index in [1.54, 1.807) is 0 Å². The van der Waals surface area contributed by atoms with Crippen LogP contribution in [0.4, 0.5) is 0 Å². The normalized spacial score (nSPS) is 12.5. The van der Waals surface area contributed by atoms with Crippen molar-refractivity contribution in [2.24, 2.45) is 0 Å². The summed E-state index contributed by atoms with van der Waals surface area (Å²) in [5.74, 6) is 0.689. The molecule has 0 bridgehead atoms. The van der Waals surface area contributed by atoms with Crippen molar-refractivity contribution in [3.63, 3.8) is 0 Å². The van der Waals surface area contributed by atoms with Crippen LogP contribution in [-0.4, -0.2) is 9.97 Å². The van der Waals surface area contributed by atoms with Gasteiger partial charge in [-0.2, -0.15) is 5.26 Å². The number of hydrogen-bond acceptors (Lipinski definition) is 3. The topological polar surface area (TPSA) is 49.6 Å². The molecule has 0 spiro atoms. The molecule has 250 valence electrons. The van der Waals surface area contributed by atoms with Crippen LogP contribution < -0.4 is 0 Å². The molecule has 1 heterocycles. The molecule has 3 nitrogen and oxygen atoms in total. The van der Waals surface area contributed by atoms with E-state index in [0.29, 0.717) is 5.82 Å². The maximum atomic E-state index is 9.99. The van der Waals surface area contributed by atoms with Gasteiger partial charge in [0.2, 0.25) is 0 Å². The summed E-state index contributed by atoms with van der Waals surface area (Å²) in [6.07, 6.45) is 0. The molecule has 3 heteroatoms. The molecule has 0 fully saturated rings. The predicted molar refractivity (Wildman–Crippen MR) is 217 cm³/mol. The standard InChI is InChI=1S/C50H35N3/c1-50(2)44-27-26-40(30-43(44)48-42(32-51)20-11-21-45(48)50)38-17-9-16-37(28-38)39-18-10-19-41(29-39)47-31-46(35-14-7-4-8-15-35)52-49(53-47)36-24-22-34(23-25-36)33-12-5-3-6-13-33/h3-31H,1-2H3. The van der Waals surface area contributed by atoms with Gasteiger partial charge in [0.15, 0.2) is 5.82 Å². The third-order valence-corrected chi connectivity index (χ3v) is 10.6. The Morgan fingerprint density at radius 2 is 0.906 bits per heavy atom. The van der Waals surface area contributed by atoms with Crippen LogP contribution in [0, 0.1) is 11.3 Å². The molecule has 1 aliphatic carbocycles. The summed E-state index contributed by atoms with van der Waals surface area (Å²) in [5.41, 5.74) is 16.9. The average Bonchev–Trinajstić information content (AvgIpc) is 3.47. The zero-order valence-electron chi connectivity index (χ0n) is 29.6. The Bertz CT molecular complexity index is 2690. The monoisotopic (exact) mass is 677 g/mol. The molecule has 0 aliphatic heterocycles. The van der Waals surface area contributed by atoms with Crippen LogP contribution in [0.15, 0.2) is 176 Å². The van der Waals surface area contributed by atoms with Crippen LogP contribution >= 0.6 is 0 Å². The molecule has 8 aromatic rings. The second-order valence-electron chi connectivity index (χ2n) is 14.2. The van der Waals surface area contributed by atoms with Crippen molar-refractivity contribution >= 4 is 0 Å². The van der Waals surface area contributed by atoms with Gasteiger partial charge < -0.3 is 0 Å². The van der Waals surface area contributed by atoms with Crippen LogP contribution in [0.1, 0.15) is 30.5 Å². The van der Waals surface area contributed by atoms with E-state index in [1.807, 2.05) is 36.4 Å². The van der Waals surface area contributed by atoms with E-state index in [1.165, 1.54) is 16.7 Å². The molecular formula is C50H35N3. The highest BCUT2D eigenvalue weighted by molar-refractivity contribution is 5.88. The molecule has 0 radical (unpaired) electrons. The van der Waals surface area contributed by atoms with Crippen molar-refractivity contribution in [2.45, 2.75) is 19.3 Å². The maximum absolute atomic E-state index is 9.99. The summed E-state index contributed by atoms with van der Waals surface area (Å²) in [6, 6.07) is 63.9. The number of aromatic nitrogens is 2. The van der Waals surface area contributed by atoms with E-state index in [-0.39, 0.29) is 5.41 Å². The van der Waals surface area contributed by atoms with Gasteiger partial charge in [0.1, 0.15) is 0 Å². The number of nitrogens with zero attached hydrogens (tertiary/aromatic N) is 3. The van der Waals surface area contributed by atoms with Crippen molar-refractivity contribution in [3.8, 4) is 84.5 Å². The van der Waals surface area contributed by atoms with E-state index in [4.69, 9.17) is 9.97 Å². The Labute approximate surface area is 310 Å². The molecular weight excluding hydrogens is 643 g/mol. The highest BCUT2D eigenvalue weighted by atomic mass is 14.9. The molecule has 7 aromatic carbocycles. The lowest BCUT2D eigenvalue weighted by Crippen LogP contribution is -2.14. The summed E-state index contributed by atoms with van der Waals surface area (Å²) in [4.78, 5) is 10.2. The van der Waals surface area contributed by atoms with E-state index in [9.17, 15) is 5.26 Å². The number of hydrogen-bond donors (Lipinski definition) is 0. The van der Waals surface area contributed by atoms with E-state index < -0.39 is 0 Å². The van der Waals surface area contributed by atoms with Gasteiger partial charge in [0.05, 0.1) is 23.0 Å². The Hall–Kier alpha value is -6.89. The first-order valence-corrected chi connectivity index (χ1v) is 18.0. The number of rotatable bonds is 6. The minimum Gasteiger partial charge on any atom is -0.228 e. The van der Waals surface area contributed by atoms with Gasteiger partial charge in [-0.3, -0.25) is 0 Å². The van der Waals surface area contributed by atoms with Crippen LogP contribution in [0.2, 0.25) is 0 Å². The smallest absolute Gasteiger partial charge is 0.160 e. The van der Waals surface area contributed by atoms with Gasteiger partial charge in [-0.15, -0.1) is 0 Å². The second kappa shape index (κ2) is 13.0. The predicted octanol–water partition coefficient (Wildman–Crippen LogP) is 12.7. The summed E-state index contributed by atoms with van der Waals surface area (Å²) >= 11 is 0. The zero-order valence-corrected chi connectivity index (χ0v) is 29.6. The van der Waals surface area contributed by atoms with E-state index in [2.05, 4.69) is 159 Å². The molecule has 0 unspecified atom stereocenters. The van der Waals surface area contributed by atoms with E-state index in [0.717, 1.165) is 72.6 Å². The zero-order chi connectivity index (χ0) is 35.9. The van der Waals surface area contributed by atoms with Crippen LogP contribution in [0.5, 0.6) is 0 Å². The van der Waals surface area contributed by atoms with Crippen LogP contribution in [-0.2, 0) is 5.41 Å². The SMILES string of the molecule is CC1(C)c2ccc(-c3cccc(-c4cccc(-c5cc(-c6ccccc6)nc(-c6ccc(-c7ccccc7)cc6)n5)c4)c3)cc2-c2c(C#N)cccc21. The largest absolute Gasteiger partial charge is 0.228 e. The molecule has 0 atom stereocenters. The van der Waals surface area contributed by atoms with Crippen molar-refractivity contribution in [2.75, 3.05) is 0 Å². The highest BCUT2D eigenvalue weighted by Crippen LogP contribution is 2.51. The fraction of sp³-hybridized carbons (Fsp3) is 0.0600. The summed E-state index contributed by atoms with van der Waals surface area (Å²) in [7, 11) is 0. The van der Waals surface area contributed by atoms with Gasteiger partial charge in [0.25, 0.3) is 0 Å². The fourth-order valence-corrected chi connectivity index (χ4v) is 7.74. The van der Waals surface area contributed by atoms with Gasteiger partial charge in [-0.25, -0.2) is 9.97 Å². The molecule has 9 rings (SSSR count). The maximum Gasteiger partial charge on any atom is 0.160 e. The lowest BCUT2D eigenvalue weighted by molar-refractivity contribution is 0.660. The Balaban J connectivity index is 1.09. The molecule has 0 amide bonds. The lowest BCUT2D eigenvalue weighted by Gasteiger charge is -2.21. The first kappa shape index (κ1) is 32.0. The molecule has 1 aliphatic rings. The van der Waals surface area contributed by atoms with Crippen molar-refractivity contribution < 1.29 is 0 Å². The van der Waals surface area contributed by atoms with Crippen LogP contribution in [0.3, 0.4) is 0 Å². The molecule has 53 heavy (non-hydrogen) atoms. The highest BCUT2D eigenvalue weighted by Gasteiger charge is 2.36. The lowest BCUT2D eigenvalue weighted by atomic mass is 9.82. The van der Waals surface area contributed by atoms with Gasteiger partial charge in [-0.1, -0.05) is 159 Å². The van der Waals surface area contributed by atoms with Crippen molar-refractivity contribution in [1.82, 2.24) is 9.97 Å². The minimum atomic E-state index is -0.162. The first-order chi connectivity index (χ1) is 26.0. The van der Waals surface area contributed by atoms with Crippen LogP contribution in [0.25, 0.3) is 78.4 Å². The molecule has 1 aromatic heterocycles. The fourth-order valence-electron chi connectivity index (χ4n) is 7.74. The molecule has 0 saturated heterocycles. The quantitative estimate of drug-likeness (QED) is 0.176. The van der Waals surface area contributed by atoms with Crippen molar-refractivity contribution in [1.29, 1.82) is 5.26 Å². The number of nitriles is 1. The van der Waals surface area contributed by atoms with Gasteiger partial charge in [-0.05, 0) is 80.4 Å². The Kier molecular flexibility index (Phi) is 7.87. The van der Waals surface area contributed by atoms with Gasteiger partial charge >= 0.3 is 0 Å². The van der Waals surface area contributed by atoms with Gasteiger partial charge in [0, 0.05) is 27.7 Å². The first-order valence-electron chi connectivity index (χ1n) is 18.0. The third kappa shape index (κ3) is 5.81. The third-order valence-electron chi connectivity index (χ3n) is 10.6. The number of benzene rings is 7. The molecule has 0 N–H and O–H groups in total. The molecule has 0 saturated carbocycles. The Morgan fingerprint density at radius 1 is 0.415 bits per heavy atom. The van der Waals surface area contributed by atoms with E-state index >= 15 is 0 Å². The van der Waals surface area contributed by atoms with Crippen molar-refractivity contribution in [3.05, 3.63) is 193 Å². The summed E-state index contributed by atoms with van der Waals surface area (Å²) < 4.78 is 0. The Morgan fingerprint density at radius 3 is 1.57 bits per heavy atom. The average molecular weight is 678 g/mol. The second-order valence-corrected chi connectivity index (χ2v) is 14.2. The minimum absolute atomic E-state index is 0.162. The summed E-state index contributed by atoms with van der Waals surface area (Å²) in [5, 5.41) is 9.99. The number of fused-ring (bicyclic) bond motifs is 3.